The lowest BCUT2D eigenvalue weighted by Gasteiger charge is -2.03. The van der Waals surface area contributed by atoms with E-state index in [-0.39, 0.29) is 5.75 Å². The van der Waals surface area contributed by atoms with Crippen molar-refractivity contribution in [1.82, 2.24) is 4.98 Å². The van der Waals surface area contributed by atoms with Gasteiger partial charge in [0.25, 0.3) is 0 Å². The summed E-state index contributed by atoms with van der Waals surface area (Å²) >= 11 is 5.82. The van der Waals surface area contributed by atoms with Gasteiger partial charge in [-0.25, -0.2) is 4.98 Å². The molecule has 0 N–H and O–H groups in total. The van der Waals surface area contributed by atoms with E-state index in [1.54, 1.807) is 0 Å². The van der Waals surface area contributed by atoms with E-state index in [1.165, 1.54) is 19.2 Å². The molecule has 1 aromatic heterocycles. The van der Waals surface area contributed by atoms with Crippen molar-refractivity contribution >= 4 is 17.6 Å². The Bertz CT molecular complexity index is 657. The molecule has 0 radical (unpaired) electrons. The number of benzene rings is 1. The summed E-state index contributed by atoms with van der Waals surface area (Å²) in [5.74, 6) is 5.64. The fourth-order valence-corrected chi connectivity index (χ4v) is 1.55. The van der Waals surface area contributed by atoms with Gasteiger partial charge in [-0.2, -0.15) is 0 Å². The topological polar surface area (TPSA) is 39.2 Å². The zero-order valence-corrected chi connectivity index (χ0v) is 10.9. The van der Waals surface area contributed by atoms with Crippen molar-refractivity contribution in [2.24, 2.45) is 0 Å². The number of hydrogen-bond donors (Lipinski definition) is 0. The first kappa shape index (κ1) is 13.1. The SMILES string of the molecule is CC(=O)Oc1cc(Cl)cnc1C#Cc1ccccc1. The van der Waals surface area contributed by atoms with Crippen molar-refractivity contribution in [2.45, 2.75) is 6.92 Å². The monoisotopic (exact) mass is 271 g/mol. The van der Waals surface area contributed by atoms with E-state index >= 15 is 0 Å². The van der Waals surface area contributed by atoms with Gasteiger partial charge < -0.3 is 4.74 Å². The minimum Gasteiger partial charge on any atom is -0.424 e. The summed E-state index contributed by atoms with van der Waals surface area (Å²) in [6, 6.07) is 11.0. The van der Waals surface area contributed by atoms with Crippen molar-refractivity contribution in [2.75, 3.05) is 0 Å². The van der Waals surface area contributed by atoms with Crippen LogP contribution >= 0.6 is 11.6 Å². The van der Waals surface area contributed by atoms with Crippen LogP contribution in [-0.4, -0.2) is 11.0 Å². The Kier molecular flexibility index (Phi) is 4.17. The Hall–Kier alpha value is -2.31. The van der Waals surface area contributed by atoms with Crippen LogP contribution in [-0.2, 0) is 4.79 Å². The first-order valence-electron chi connectivity index (χ1n) is 5.56. The van der Waals surface area contributed by atoms with Crippen LogP contribution in [0.25, 0.3) is 0 Å². The second-order valence-corrected chi connectivity index (χ2v) is 4.15. The summed E-state index contributed by atoms with van der Waals surface area (Å²) in [6.45, 7) is 1.31. The van der Waals surface area contributed by atoms with Crippen LogP contribution in [0, 0.1) is 11.8 Å². The quantitative estimate of drug-likeness (QED) is 0.591. The lowest BCUT2D eigenvalue weighted by Crippen LogP contribution is -2.04. The van der Waals surface area contributed by atoms with Gasteiger partial charge in [0, 0.05) is 24.8 Å². The number of pyridine rings is 1. The number of aromatic nitrogens is 1. The second kappa shape index (κ2) is 6.03. The molecular weight excluding hydrogens is 262 g/mol. The molecule has 2 aromatic rings. The average Bonchev–Trinajstić information content (AvgIpc) is 2.38. The first-order valence-corrected chi connectivity index (χ1v) is 5.94. The molecule has 0 saturated heterocycles. The number of halogens is 1. The molecule has 3 nitrogen and oxygen atoms in total. The van der Waals surface area contributed by atoms with Crippen LogP contribution in [0.4, 0.5) is 0 Å². The first-order chi connectivity index (χ1) is 9.15. The van der Waals surface area contributed by atoms with Gasteiger partial charge in [-0.1, -0.05) is 35.7 Å². The summed E-state index contributed by atoms with van der Waals surface area (Å²) < 4.78 is 5.03. The molecule has 0 aliphatic carbocycles. The predicted octanol–water partition coefficient (Wildman–Crippen LogP) is 3.06. The average molecular weight is 272 g/mol. The minimum absolute atomic E-state index is 0.267. The van der Waals surface area contributed by atoms with Crippen LogP contribution < -0.4 is 4.74 Å². The zero-order valence-electron chi connectivity index (χ0n) is 10.2. The molecule has 94 valence electrons. The summed E-state index contributed by atoms with van der Waals surface area (Å²) in [5.41, 5.74) is 1.23. The van der Waals surface area contributed by atoms with Crippen LogP contribution in [0.5, 0.6) is 5.75 Å². The molecule has 0 spiro atoms. The fraction of sp³-hybridized carbons (Fsp3) is 0.0667. The number of ether oxygens (including phenoxy) is 1. The van der Waals surface area contributed by atoms with Gasteiger partial charge in [-0.3, -0.25) is 4.79 Å². The second-order valence-electron chi connectivity index (χ2n) is 3.71. The van der Waals surface area contributed by atoms with Crippen LogP contribution in [0.15, 0.2) is 42.6 Å². The molecule has 0 unspecified atom stereocenters. The molecule has 1 aromatic carbocycles. The number of hydrogen-bond acceptors (Lipinski definition) is 3. The third-order valence-electron chi connectivity index (χ3n) is 2.17. The molecular formula is C15H10ClNO2. The van der Waals surface area contributed by atoms with E-state index in [0.717, 1.165) is 5.56 Å². The lowest BCUT2D eigenvalue weighted by molar-refractivity contribution is -0.131. The van der Waals surface area contributed by atoms with E-state index in [4.69, 9.17) is 16.3 Å². The van der Waals surface area contributed by atoms with Gasteiger partial charge in [-0.05, 0) is 18.1 Å². The fourth-order valence-electron chi connectivity index (χ4n) is 1.40. The smallest absolute Gasteiger partial charge is 0.308 e. The van der Waals surface area contributed by atoms with Gasteiger partial charge in [0.15, 0.2) is 11.4 Å². The third kappa shape index (κ3) is 3.84. The summed E-state index contributed by atoms with van der Waals surface area (Å²) in [7, 11) is 0. The lowest BCUT2D eigenvalue weighted by atomic mass is 10.2. The number of carbonyl (C=O) groups excluding carboxylic acids is 1. The molecule has 0 bridgehead atoms. The molecule has 2 rings (SSSR count). The summed E-state index contributed by atoms with van der Waals surface area (Å²) in [4.78, 5) is 15.1. The van der Waals surface area contributed by atoms with E-state index in [0.29, 0.717) is 10.7 Å². The Labute approximate surface area is 116 Å². The molecule has 0 aliphatic rings. The third-order valence-corrected chi connectivity index (χ3v) is 2.38. The van der Waals surface area contributed by atoms with Crippen molar-refractivity contribution in [3.8, 4) is 17.6 Å². The Balaban J connectivity index is 2.35. The van der Waals surface area contributed by atoms with Crippen LogP contribution in [0.3, 0.4) is 0 Å². The maximum absolute atomic E-state index is 11.0. The molecule has 0 saturated carbocycles. The van der Waals surface area contributed by atoms with Crippen molar-refractivity contribution in [1.29, 1.82) is 0 Å². The van der Waals surface area contributed by atoms with Crippen LogP contribution in [0.1, 0.15) is 18.2 Å². The minimum atomic E-state index is -0.438. The number of esters is 1. The maximum atomic E-state index is 11.0. The van der Waals surface area contributed by atoms with Crippen molar-refractivity contribution in [3.63, 3.8) is 0 Å². The normalized spacial score (nSPS) is 9.37. The van der Waals surface area contributed by atoms with Gasteiger partial charge in [-0.15, -0.1) is 0 Å². The highest BCUT2D eigenvalue weighted by Gasteiger charge is 2.06. The Morgan fingerprint density at radius 2 is 2.00 bits per heavy atom. The number of rotatable bonds is 1. The van der Waals surface area contributed by atoms with Crippen LogP contribution in [0.2, 0.25) is 5.02 Å². The number of carbonyl (C=O) groups is 1. The highest BCUT2D eigenvalue weighted by Crippen LogP contribution is 2.20. The Morgan fingerprint density at radius 3 is 2.68 bits per heavy atom. The van der Waals surface area contributed by atoms with Gasteiger partial charge in [0.05, 0.1) is 5.02 Å². The largest absolute Gasteiger partial charge is 0.424 e. The van der Waals surface area contributed by atoms with Gasteiger partial charge in [0.2, 0.25) is 0 Å². The number of nitrogens with zero attached hydrogens (tertiary/aromatic N) is 1. The van der Waals surface area contributed by atoms with Gasteiger partial charge >= 0.3 is 5.97 Å². The highest BCUT2D eigenvalue weighted by molar-refractivity contribution is 6.30. The van der Waals surface area contributed by atoms with E-state index in [9.17, 15) is 4.79 Å². The standard InChI is InChI=1S/C15H10ClNO2/c1-11(18)19-15-9-13(16)10-17-14(15)8-7-12-5-3-2-4-6-12/h2-6,9-10H,1H3. The van der Waals surface area contributed by atoms with E-state index in [2.05, 4.69) is 16.8 Å². The van der Waals surface area contributed by atoms with E-state index in [1.807, 2.05) is 30.3 Å². The molecule has 1 heterocycles. The molecule has 0 atom stereocenters. The molecule has 0 amide bonds. The highest BCUT2D eigenvalue weighted by atomic mass is 35.5. The molecule has 0 aliphatic heterocycles. The zero-order chi connectivity index (χ0) is 13.7. The maximum Gasteiger partial charge on any atom is 0.308 e. The van der Waals surface area contributed by atoms with Crippen molar-refractivity contribution in [3.05, 3.63) is 58.9 Å². The summed E-state index contributed by atoms with van der Waals surface area (Å²) in [5, 5.41) is 0.390. The van der Waals surface area contributed by atoms with Gasteiger partial charge in [0.1, 0.15) is 0 Å². The molecule has 4 heteroatoms. The predicted molar refractivity (Wildman–Crippen MR) is 73.0 cm³/mol. The van der Waals surface area contributed by atoms with Crippen molar-refractivity contribution < 1.29 is 9.53 Å². The Morgan fingerprint density at radius 1 is 1.26 bits per heavy atom. The van der Waals surface area contributed by atoms with E-state index < -0.39 is 5.97 Å². The summed E-state index contributed by atoms with van der Waals surface area (Å²) in [6.07, 6.45) is 1.46. The molecule has 19 heavy (non-hydrogen) atoms. The molecule has 0 fully saturated rings.